The van der Waals surface area contributed by atoms with Crippen LogP contribution in [0.5, 0.6) is 0 Å². The predicted molar refractivity (Wildman–Crippen MR) is 76.6 cm³/mol. The zero-order valence-electron chi connectivity index (χ0n) is 10.3. The van der Waals surface area contributed by atoms with Crippen LogP contribution in [-0.2, 0) is 0 Å². The molecule has 0 amide bonds. The second kappa shape index (κ2) is 5.02. The summed E-state index contributed by atoms with van der Waals surface area (Å²) in [4.78, 5) is 16.6. The quantitative estimate of drug-likeness (QED) is 0.659. The first-order valence-corrected chi connectivity index (χ1v) is 6.38. The minimum Gasteiger partial charge on any atom is -0.288 e. The van der Waals surface area contributed by atoms with E-state index in [4.69, 9.17) is 11.6 Å². The minimum absolute atomic E-state index is 0.0996. The third-order valence-electron chi connectivity index (χ3n) is 3.06. The van der Waals surface area contributed by atoms with Gasteiger partial charge in [0.15, 0.2) is 5.78 Å². The van der Waals surface area contributed by atoms with Gasteiger partial charge in [-0.1, -0.05) is 23.7 Å². The lowest BCUT2D eigenvalue weighted by Gasteiger charge is -2.06. The van der Waals surface area contributed by atoms with Crippen LogP contribution in [0.2, 0.25) is 5.02 Å². The number of nitrogens with zero attached hydrogens (tertiary/aromatic N) is 1. The summed E-state index contributed by atoms with van der Waals surface area (Å²) in [6, 6.07) is 12.9. The van der Waals surface area contributed by atoms with Crippen LogP contribution in [0.4, 0.5) is 4.39 Å². The van der Waals surface area contributed by atoms with Crippen LogP contribution in [-0.4, -0.2) is 10.8 Å². The van der Waals surface area contributed by atoms with E-state index in [1.807, 2.05) is 6.07 Å². The number of benzene rings is 2. The summed E-state index contributed by atoms with van der Waals surface area (Å²) in [6.45, 7) is 0. The van der Waals surface area contributed by atoms with Gasteiger partial charge in [0.05, 0.1) is 16.1 Å². The van der Waals surface area contributed by atoms with Crippen molar-refractivity contribution < 1.29 is 9.18 Å². The fraction of sp³-hybridized carbons (Fsp3) is 0. The summed E-state index contributed by atoms with van der Waals surface area (Å²) >= 11 is 5.92. The maximum atomic E-state index is 13.8. The predicted octanol–water partition coefficient (Wildman–Crippen LogP) is 4.26. The molecular weight excluding hydrogens is 277 g/mol. The van der Waals surface area contributed by atoms with Crippen molar-refractivity contribution in [1.29, 1.82) is 0 Å². The summed E-state index contributed by atoms with van der Waals surface area (Å²) < 4.78 is 13.8. The van der Waals surface area contributed by atoms with E-state index in [0.717, 1.165) is 10.9 Å². The van der Waals surface area contributed by atoms with Gasteiger partial charge >= 0.3 is 0 Å². The molecule has 3 aromatic rings. The Hall–Kier alpha value is -2.26. The maximum Gasteiger partial charge on any atom is 0.197 e. The molecule has 0 aliphatic rings. The molecule has 0 fully saturated rings. The topological polar surface area (TPSA) is 30.0 Å². The Morgan fingerprint density at radius 3 is 2.75 bits per heavy atom. The van der Waals surface area contributed by atoms with E-state index >= 15 is 0 Å². The van der Waals surface area contributed by atoms with Crippen molar-refractivity contribution in [1.82, 2.24) is 4.98 Å². The Balaban J connectivity index is 2.13. The summed E-state index contributed by atoms with van der Waals surface area (Å²) in [5.74, 6) is -1.05. The molecular formula is C16H9ClFNO. The van der Waals surface area contributed by atoms with Crippen LogP contribution >= 0.6 is 11.6 Å². The van der Waals surface area contributed by atoms with Gasteiger partial charge in [-0.25, -0.2) is 4.39 Å². The Kier molecular flexibility index (Phi) is 3.20. The summed E-state index contributed by atoms with van der Waals surface area (Å²) in [5, 5.41) is 0.937. The molecule has 98 valence electrons. The number of hydrogen-bond acceptors (Lipinski definition) is 2. The van der Waals surface area contributed by atoms with Gasteiger partial charge in [-0.05, 0) is 36.4 Å². The number of rotatable bonds is 2. The zero-order valence-corrected chi connectivity index (χ0v) is 11.1. The highest BCUT2D eigenvalue weighted by Crippen LogP contribution is 2.23. The molecule has 2 aromatic carbocycles. The number of hydrogen-bond donors (Lipinski definition) is 0. The second-order valence-corrected chi connectivity index (χ2v) is 4.74. The monoisotopic (exact) mass is 285 g/mol. The first kappa shape index (κ1) is 12.8. The summed E-state index contributed by atoms with van der Waals surface area (Å²) in [6.07, 6.45) is 1.68. The normalized spacial score (nSPS) is 10.7. The van der Waals surface area contributed by atoms with E-state index < -0.39 is 11.6 Å². The standard InChI is InChI=1S/C16H9ClFNO/c17-12-4-1-5-13(18)15(12)16(20)11-6-7-14-10(9-11)3-2-8-19-14/h1-9H. The maximum absolute atomic E-state index is 13.8. The molecule has 0 saturated carbocycles. The van der Waals surface area contributed by atoms with Crippen molar-refractivity contribution in [2.45, 2.75) is 0 Å². The molecule has 0 N–H and O–H groups in total. The van der Waals surface area contributed by atoms with Gasteiger partial charge in [0, 0.05) is 17.1 Å². The van der Waals surface area contributed by atoms with Crippen molar-refractivity contribution in [2.75, 3.05) is 0 Å². The van der Waals surface area contributed by atoms with E-state index in [-0.39, 0.29) is 10.6 Å². The van der Waals surface area contributed by atoms with Crippen LogP contribution in [0.25, 0.3) is 10.9 Å². The fourth-order valence-corrected chi connectivity index (χ4v) is 2.32. The highest BCUT2D eigenvalue weighted by atomic mass is 35.5. The minimum atomic E-state index is -0.617. The van der Waals surface area contributed by atoms with E-state index in [2.05, 4.69) is 4.98 Å². The van der Waals surface area contributed by atoms with Gasteiger partial charge in [0.1, 0.15) is 5.82 Å². The van der Waals surface area contributed by atoms with Crippen molar-refractivity contribution in [3.63, 3.8) is 0 Å². The Morgan fingerprint density at radius 2 is 1.95 bits per heavy atom. The van der Waals surface area contributed by atoms with Crippen molar-refractivity contribution in [3.8, 4) is 0 Å². The molecule has 0 atom stereocenters. The number of ketones is 1. The molecule has 1 heterocycles. The third-order valence-corrected chi connectivity index (χ3v) is 3.37. The average Bonchev–Trinajstić information content (AvgIpc) is 2.46. The molecule has 0 bridgehead atoms. The Bertz CT molecular complexity index is 796. The van der Waals surface area contributed by atoms with Gasteiger partial charge in [-0.15, -0.1) is 0 Å². The van der Waals surface area contributed by atoms with Gasteiger partial charge in [-0.3, -0.25) is 9.78 Å². The summed E-state index contributed by atoms with van der Waals surface area (Å²) in [7, 11) is 0. The third kappa shape index (κ3) is 2.17. The zero-order chi connectivity index (χ0) is 14.1. The highest BCUT2D eigenvalue weighted by molar-refractivity contribution is 6.35. The van der Waals surface area contributed by atoms with E-state index in [0.29, 0.717) is 5.56 Å². The van der Waals surface area contributed by atoms with Crippen LogP contribution in [0.3, 0.4) is 0 Å². The molecule has 2 nitrogen and oxygen atoms in total. The van der Waals surface area contributed by atoms with E-state index in [9.17, 15) is 9.18 Å². The van der Waals surface area contributed by atoms with E-state index in [1.165, 1.54) is 18.2 Å². The van der Waals surface area contributed by atoms with Gasteiger partial charge in [-0.2, -0.15) is 0 Å². The molecule has 0 radical (unpaired) electrons. The first-order chi connectivity index (χ1) is 9.66. The van der Waals surface area contributed by atoms with Gasteiger partial charge in [0.25, 0.3) is 0 Å². The lowest BCUT2D eigenvalue weighted by Crippen LogP contribution is -2.05. The Labute approximate surface area is 119 Å². The fourth-order valence-electron chi connectivity index (χ4n) is 2.08. The largest absolute Gasteiger partial charge is 0.288 e. The number of aromatic nitrogens is 1. The lowest BCUT2D eigenvalue weighted by atomic mass is 10.0. The van der Waals surface area contributed by atoms with Crippen LogP contribution in [0.15, 0.2) is 54.7 Å². The molecule has 0 unspecified atom stereocenters. The highest BCUT2D eigenvalue weighted by Gasteiger charge is 2.17. The van der Waals surface area contributed by atoms with Crippen LogP contribution in [0, 0.1) is 5.82 Å². The van der Waals surface area contributed by atoms with Crippen LogP contribution < -0.4 is 0 Å². The van der Waals surface area contributed by atoms with Crippen molar-refractivity contribution in [3.05, 3.63) is 76.7 Å². The number of halogens is 2. The number of carbonyl (C=O) groups is 1. The average molecular weight is 286 g/mol. The van der Waals surface area contributed by atoms with Crippen molar-refractivity contribution >= 4 is 28.3 Å². The second-order valence-electron chi connectivity index (χ2n) is 4.34. The van der Waals surface area contributed by atoms with Crippen molar-refractivity contribution in [2.24, 2.45) is 0 Å². The molecule has 4 heteroatoms. The smallest absolute Gasteiger partial charge is 0.197 e. The van der Waals surface area contributed by atoms with Crippen LogP contribution in [0.1, 0.15) is 15.9 Å². The first-order valence-electron chi connectivity index (χ1n) is 6.00. The molecule has 1 aromatic heterocycles. The SMILES string of the molecule is O=C(c1ccc2ncccc2c1)c1c(F)cccc1Cl. The number of carbonyl (C=O) groups excluding carboxylic acids is 1. The molecule has 20 heavy (non-hydrogen) atoms. The number of fused-ring (bicyclic) bond motifs is 1. The molecule has 0 aliphatic carbocycles. The van der Waals surface area contributed by atoms with E-state index in [1.54, 1.807) is 30.5 Å². The van der Waals surface area contributed by atoms with Gasteiger partial charge in [0.2, 0.25) is 0 Å². The lowest BCUT2D eigenvalue weighted by molar-refractivity contribution is 0.103. The summed E-state index contributed by atoms with van der Waals surface area (Å²) in [5.41, 5.74) is 1.07. The number of pyridine rings is 1. The molecule has 0 saturated heterocycles. The molecule has 0 spiro atoms. The van der Waals surface area contributed by atoms with Gasteiger partial charge < -0.3 is 0 Å². The molecule has 3 rings (SSSR count). The Morgan fingerprint density at radius 1 is 1.10 bits per heavy atom. The molecule has 0 aliphatic heterocycles.